The summed E-state index contributed by atoms with van der Waals surface area (Å²) < 4.78 is 4.87. The molecule has 0 spiro atoms. The topological polar surface area (TPSA) is 111 Å². The Bertz CT molecular complexity index is 791. The highest BCUT2D eigenvalue weighted by molar-refractivity contribution is 5.99. The molecule has 2 amide bonds. The molecule has 0 aliphatic heterocycles. The molecule has 2 atom stereocenters. The van der Waals surface area contributed by atoms with Crippen molar-refractivity contribution < 1.29 is 19.1 Å². The minimum atomic E-state index is -0.983. The summed E-state index contributed by atoms with van der Waals surface area (Å²) >= 11 is 0. The maximum absolute atomic E-state index is 12.4. The van der Waals surface area contributed by atoms with Crippen molar-refractivity contribution in [3.05, 3.63) is 42.1 Å². The molecular formula is C18H21N3O4. The maximum atomic E-state index is 12.4. The number of carbonyl (C=O) groups excluding carboxylic acids is 3. The number of primary amides is 1. The molecule has 2 aromatic rings. The SMILES string of the molecule is CCOC(=O)C[C@H](C)[C@@H](NC(=O)c1cnc2ccccc2c1)C(N)=O. The second-order valence-electron chi connectivity index (χ2n) is 5.76. The first-order valence-corrected chi connectivity index (χ1v) is 8.03. The Morgan fingerprint density at radius 3 is 2.68 bits per heavy atom. The highest BCUT2D eigenvalue weighted by Crippen LogP contribution is 2.14. The Morgan fingerprint density at radius 2 is 2.00 bits per heavy atom. The molecule has 1 aromatic heterocycles. The van der Waals surface area contributed by atoms with Gasteiger partial charge in [0.05, 0.1) is 24.1 Å². The van der Waals surface area contributed by atoms with Gasteiger partial charge in [-0.15, -0.1) is 0 Å². The number of nitrogens with one attached hydrogen (secondary N) is 1. The van der Waals surface area contributed by atoms with Crippen molar-refractivity contribution >= 4 is 28.7 Å². The van der Waals surface area contributed by atoms with E-state index in [0.717, 1.165) is 10.9 Å². The third-order valence-corrected chi connectivity index (χ3v) is 3.81. The van der Waals surface area contributed by atoms with E-state index < -0.39 is 29.7 Å². The molecule has 1 aromatic carbocycles. The second-order valence-corrected chi connectivity index (χ2v) is 5.76. The average Bonchev–Trinajstić information content (AvgIpc) is 2.58. The molecule has 132 valence electrons. The van der Waals surface area contributed by atoms with Crippen molar-refractivity contribution in [3.8, 4) is 0 Å². The van der Waals surface area contributed by atoms with E-state index in [4.69, 9.17) is 10.5 Å². The zero-order valence-corrected chi connectivity index (χ0v) is 14.2. The minimum absolute atomic E-state index is 0.0162. The minimum Gasteiger partial charge on any atom is -0.466 e. The van der Waals surface area contributed by atoms with Gasteiger partial charge in [0.2, 0.25) is 5.91 Å². The molecule has 7 nitrogen and oxygen atoms in total. The van der Waals surface area contributed by atoms with Gasteiger partial charge in [-0.25, -0.2) is 0 Å². The number of pyridine rings is 1. The molecule has 0 aliphatic rings. The molecule has 2 rings (SSSR count). The van der Waals surface area contributed by atoms with Crippen LogP contribution in [0.4, 0.5) is 0 Å². The van der Waals surface area contributed by atoms with Gasteiger partial charge in [-0.1, -0.05) is 25.1 Å². The second kappa shape index (κ2) is 8.23. The lowest BCUT2D eigenvalue weighted by Gasteiger charge is -2.21. The van der Waals surface area contributed by atoms with Crippen LogP contribution in [0.3, 0.4) is 0 Å². The number of amides is 2. The van der Waals surface area contributed by atoms with Gasteiger partial charge >= 0.3 is 5.97 Å². The highest BCUT2D eigenvalue weighted by Gasteiger charge is 2.27. The number of esters is 1. The number of nitrogens with zero attached hydrogens (tertiary/aromatic N) is 1. The zero-order valence-electron chi connectivity index (χ0n) is 14.2. The number of nitrogens with two attached hydrogens (primary N) is 1. The van der Waals surface area contributed by atoms with Crippen LogP contribution in [0.15, 0.2) is 36.5 Å². The molecule has 0 bridgehead atoms. The summed E-state index contributed by atoms with van der Waals surface area (Å²) in [5.41, 5.74) is 6.46. The van der Waals surface area contributed by atoms with Gasteiger partial charge in [-0.2, -0.15) is 0 Å². The lowest BCUT2D eigenvalue weighted by atomic mass is 9.97. The Balaban J connectivity index is 2.13. The molecule has 0 saturated carbocycles. The third-order valence-electron chi connectivity index (χ3n) is 3.81. The van der Waals surface area contributed by atoms with Gasteiger partial charge in [0.15, 0.2) is 0 Å². The zero-order chi connectivity index (χ0) is 18.4. The first-order chi connectivity index (χ1) is 11.9. The van der Waals surface area contributed by atoms with Crippen LogP contribution in [-0.4, -0.2) is 35.4 Å². The number of hydrogen-bond acceptors (Lipinski definition) is 5. The Kier molecular flexibility index (Phi) is 6.05. The summed E-state index contributed by atoms with van der Waals surface area (Å²) in [5, 5.41) is 3.39. The number of aromatic nitrogens is 1. The number of carbonyl (C=O) groups is 3. The number of ether oxygens (including phenoxy) is 1. The fourth-order valence-electron chi connectivity index (χ4n) is 2.51. The summed E-state index contributed by atoms with van der Waals surface area (Å²) in [5.74, 6) is -2.12. The van der Waals surface area contributed by atoms with Crippen molar-refractivity contribution in [2.24, 2.45) is 11.7 Å². The van der Waals surface area contributed by atoms with Crippen molar-refractivity contribution in [2.45, 2.75) is 26.3 Å². The number of hydrogen-bond donors (Lipinski definition) is 2. The van der Waals surface area contributed by atoms with Crippen molar-refractivity contribution in [1.29, 1.82) is 0 Å². The number of benzene rings is 1. The Hall–Kier alpha value is -2.96. The van der Waals surface area contributed by atoms with E-state index in [1.807, 2.05) is 24.3 Å². The lowest BCUT2D eigenvalue weighted by molar-refractivity contribution is -0.144. The van der Waals surface area contributed by atoms with E-state index in [1.165, 1.54) is 6.20 Å². The molecule has 0 aliphatic carbocycles. The van der Waals surface area contributed by atoms with Crippen molar-refractivity contribution in [3.63, 3.8) is 0 Å². The highest BCUT2D eigenvalue weighted by atomic mass is 16.5. The van der Waals surface area contributed by atoms with E-state index >= 15 is 0 Å². The van der Waals surface area contributed by atoms with Crippen LogP contribution in [0, 0.1) is 5.92 Å². The van der Waals surface area contributed by atoms with E-state index in [-0.39, 0.29) is 13.0 Å². The van der Waals surface area contributed by atoms with Crippen LogP contribution in [0.25, 0.3) is 10.9 Å². The molecule has 0 unspecified atom stereocenters. The van der Waals surface area contributed by atoms with Gasteiger partial charge < -0.3 is 15.8 Å². The molecular weight excluding hydrogens is 322 g/mol. The summed E-state index contributed by atoms with van der Waals surface area (Å²) in [6, 6.07) is 8.09. The van der Waals surface area contributed by atoms with Crippen LogP contribution in [0.5, 0.6) is 0 Å². The molecule has 0 saturated heterocycles. The summed E-state index contributed by atoms with van der Waals surface area (Å²) in [4.78, 5) is 39.9. The van der Waals surface area contributed by atoms with Crippen LogP contribution >= 0.6 is 0 Å². The summed E-state index contributed by atoms with van der Waals surface area (Å²) in [6.07, 6.45) is 1.42. The molecule has 0 radical (unpaired) electrons. The average molecular weight is 343 g/mol. The quantitative estimate of drug-likeness (QED) is 0.738. The van der Waals surface area contributed by atoms with E-state index in [0.29, 0.717) is 5.56 Å². The van der Waals surface area contributed by atoms with E-state index in [9.17, 15) is 14.4 Å². The summed E-state index contributed by atoms with van der Waals surface area (Å²) in [7, 11) is 0. The van der Waals surface area contributed by atoms with Gasteiger partial charge in [0, 0.05) is 11.6 Å². The summed E-state index contributed by atoms with van der Waals surface area (Å²) in [6.45, 7) is 3.61. The van der Waals surface area contributed by atoms with Gasteiger partial charge in [-0.3, -0.25) is 19.4 Å². The fourth-order valence-corrected chi connectivity index (χ4v) is 2.51. The number of fused-ring (bicyclic) bond motifs is 1. The lowest BCUT2D eigenvalue weighted by Crippen LogP contribution is -2.49. The van der Waals surface area contributed by atoms with E-state index in [1.54, 1.807) is 19.9 Å². The van der Waals surface area contributed by atoms with Crippen LogP contribution in [0.1, 0.15) is 30.6 Å². The van der Waals surface area contributed by atoms with Crippen molar-refractivity contribution in [2.75, 3.05) is 6.61 Å². The molecule has 3 N–H and O–H groups in total. The Labute approximate surface area is 145 Å². The smallest absolute Gasteiger partial charge is 0.306 e. The molecule has 0 fully saturated rings. The molecule has 7 heteroatoms. The predicted octanol–water partition coefficient (Wildman–Crippen LogP) is 1.41. The number of para-hydroxylation sites is 1. The van der Waals surface area contributed by atoms with Crippen LogP contribution in [-0.2, 0) is 14.3 Å². The fraction of sp³-hybridized carbons (Fsp3) is 0.333. The van der Waals surface area contributed by atoms with Gasteiger partial charge in [-0.05, 0) is 25.0 Å². The standard InChI is InChI=1S/C18H21N3O4/c1-3-25-15(22)8-11(2)16(17(19)23)21-18(24)13-9-12-6-4-5-7-14(12)20-10-13/h4-7,9-11,16H,3,8H2,1-2H3,(H2,19,23)(H,21,24)/t11-,16+/m0/s1. The normalized spacial score (nSPS) is 13.0. The molecule has 1 heterocycles. The van der Waals surface area contributed by atoms with Crippen molar-refractivity contribution in [1.82, 2.24) is 10.3 Å². The third kappa shape index (κ3) is 4.76. The van der Waals surface area contributed by atoms with E-state index in [2.05, 4.69) is 10.3 Å². The van der Waals surface area contributed by atoms with Gasteiger partial charge in [0.25, 0.3) is 5.91 Å². The van der Waals surface area contributed by atoms with Crippen LogP contribution in [0.2, 0.25) is 0 Å². The van der Waals surface area contributed by atoms with Gasteiger partial charge in [0.1, 0.15) is 6.04 Å². The first kappa shape index (κ1) is 18.4. The largest absolute Gasteiger partial charge is 0.466 e. The first-order valence-electron chi connectivity index (χ1n) is 8.03. The number of rotatable bonds is 7. The monoisotopic (exact) mass is 343 g/mol. The molecule has 25 heavy (non-hydrogen) atoms. The maximum Gasteiger partial charge on any atom is 0.306 e. The predicted molar refractivity (Wildman–Crippen MR) is 92.6 cm³/mol. The Morgan fingerprint density at radius 1 is 1.28 bits per heavy atom. The van der Waals surface area contributed by atoms with Crippen LogP contribution < -0.4 is 11.1 Å².